The molecule has 5 nitrogen and oxygen atoms in total. The van der Waals surface area contributed by atoms with Gasteiger partial charge in [0.15, 0.2) is 0 Å². The summed E-state index contributed by atoms with van der Waals surface area (Å²) in [5.74, 6) is 0. The van der Waals surface area contributed by atoms with Crippen molar-refractivity contribution in [2.24, 2.45) is 4.99 Å². The maximum absolute atomic E-state index is 11.0. The first-order valence-corrected chi connectivity index (χ1v) is 5.26. The second kappa shape index (κ2) is 4.37. The summed E-state index contributed by atoms with van der Waals surface area (Å²) < 4.78 is 0. The molecule has 88 valence electrons. The Morgan fingerprint density at radius 2 is 2.41 bits per heavy atom. The summed E-state index contributed by atoms with van der Waals surface area (Å²) in [7, 11) is 1.81. The molecule has 0 bridgehead atoms. The van der Waals surface area contributed by atoms with Gasteiger partial charge in [0.05, 0.1) is 11.5 Å². The summed E-state index contributed by atoms with van der Waals surface area (Å²) in [4.78, 5) is 16.6. The van der Waals surface area contributed by atoms with E-state index in [-0.39, 0.29) is 10.6 Å². The molecule has 1 aliphatic heterocycles. The molecule has 1 aromatic rings. The lowest BCUT2D eigenvalue weighted by molar-refractivity contribution is -0.384. The molecule has 0 N–H and O–H groups in total. The number of hydrogen-bond donors (Lipinski definition) is 0. The van der Waals surface area contributed by atoms with Gasteiger partial charge in [-0.3, -0.25) is 15.1 Å². The van der Waals surface area contributed by atoms with Crippen molar-refractivity contribution in [2.45, 2.75) is 6.54 Å². The summed E-state index contributed by atoms with van der Waals surface area (Å²) in [5, 5.41) is 11.0. The molecular weight excluding hydrogens is 218 g/mol. The highest BCUT2D eigenvalue weighted by molar-refractivity contribution is 5.88. The number of nitro groups is 1. The molecule has 17 heavy (non-hydrogen) atoms. The standard InChI is InChI=1S/C12H13N3O2/c1-3-4-14(2)11-5-9-7-13-8-10(9)6-12(11)15(16)17/h3,5-6,8H,1,4,7H2,2H3. The summed E-state index contributed by atoms with van der Waals surface area (Å²) in [5.41, 5.74) is 2.59. The van der Waals surface area contributed by atoms with Gasteiger partial charge in [-0.25, -0.2) is 0 Å². The third kappa shape index (κ3) is 2.04. The summed E-state index contributed by atoms with van der Waals surface area (Å²) in [6, 6.07) is 3.42. The molecule has 0 atom stereocenters. The Kier molecular flexibility index (Phi) is 2.91. The van der Waals surface area contributed by atoms with E-state index in [1.165, 1.54) is 0 Å². The molecule has 1 aliphatic rings. The molecule has 0 radical (unpaired) electrons. The molecule has 0 aliphatic carbocycles. The number of nitrogens with zero attached hydrogens (tertiary/aromatic N) is 3. The molecule has 5 heteroatoms. The molecule has 1 heterocycles. The highest BCUT2D eigenvalue weighted by atomic mass is 16.6. The summed E-state index contributed by atoms with van der Waals surface area (Å²) in [6.07, 6.45) is 3.40. The zero-order chi connectivity index (χ0) is 12.4. The van der Waals surface area contributed by atoms with Gasteiger partial charge in [-0.05, 0) is 11.6 Å². The van der Waals surface area contributed by atoms with Gasteiger partial charge in [-0.15, -0.1) is 6.58 Å². The van der Waals surface area contributed by atoms with E-state index in [1.807, 2.05) is 18.0 Å². The zero-order valence-corrected chi connectivity index (χ0v) is 9.59. The van der Waals surface area contributed by atoms with Gasteiger partial charge in [-0.2, -0.15) is 0 Å². The van der Waals surface area contributed by atoms with Gasteiger partial charge in [-0.1, -0.05) is 6.08 Å². The van der Waals surface area contributed by atoms with Crippen LogP contribution in [0.3, 0.4) is 0 Å². The molecule has 0 saturated heterocycles. The molecule has 0 unspecified atom stereocenters. The van der Waals surface area contributed by atoms with Crippen LogP contribution in [0.25, 0.3) is 0 Å². The lowest BCUT2D eigenvalue weighted by Crippen LogP contribution is -2.18. The van der Waals surface area contributed by atoms with Crippen molar-refractivity contribution in [3.8, 4) is 0 Å². The second-order valence-electron chi connectivity index (χ2n) is 3.94. The van der Waals surface area contributed by atoms with E-state index in [0.717, 1.165) is 11.1 Å². The van der Waals surface area contributed by atoms with E-state index in [9.17, 15) is 10.1 Å². The van der Waals surface area contributed by atoms with Crippen LogP contribution in [0.15, 0.2) is 29.8 Å². The maximum atomic E-state index is 11.0. The molecular formula is C12H13N3O2. The monoisotopic (exact) mass is 231 g/mol. The predicted molar refractivity (Wildman–Crippen MR) is 67.9 cm³/mol. The lowest BCUT2D eigenvalue weighted by atomic mass is 10.1. The van der Waals surface area contributed by atoms with Gasteiger partial charge in [0.25, 0.3) is 5.69 Å². The largest absolute Gasteiger partial charge is 0.365 e. The van der Waals surface area contributed by atoms with E-state index in [1.54, 1.807) is 18.4 Å². The highest BCUT2D eigenvalue weighted by Gasteiger charge is 2.21. The molecule has 0 spiro atoms. The number of likely N-dealkylation sites (N-methyl/N-ethyl adjacent to an activating group) is 1. The van der Waals surface area contributed by atoms with E-state index in [0.29, 0.717) is 18.8 Å². The third-order valence-corrected chi connectivity index (χ3v) is 2.74. The van der Waals surface area contributed by atoms with E-state index >= 15 is 0 Å². The van der Waals surface area contributed by atoms with Crippen molar-refractivity contribution in [3.63, 3.8) is 0 Å². The van der Waals surface area contributed by atoms with Crippen LogP contribution in [0.2, 0.25) is 0 Å². The number of anilines is 1. The zero-order valence-electron chi connectivity index (χ0n) is 9.59. The van der Waals surface area contributed by atoms with Gasteiger partial charge < -0.3 is 4.90 Å². The van der Waals surface area contributed by atoms with Crippen LogP contribution in [0, 0.1) is 10.1 Å². The van der Waals surface area contributed by atoms with Gasteiger partial charge in [0.2, 0.25) is 0 Å². The van der Waals surface area contributed by atoms with E-state index in [2.05, 4.69) is 11.6 Å². The van der Waals surface area contributed by atoms with Crippen molar-refractivity contribution < 1.29 is 4.92 Å². The fourth-order valence-corrected chi connectivity index (χ4v) is 1.88. The Morgan fingerprint density at radius 3 is 3.06 bits per heavy atom. The van der Waals surface area contributed by atoms with Gasteiger partial charge in [0.1, 0.15) is 5.69 Å². The molecule has 0 amide bonds. The van der Waals surface area contributed by atoms with Crippen LogP contribution in [-0.4, -0.2) is 24.7 Å². The molecule has 2 rings (SSSR count). The molecule has 1 aromatic carbocycles. The minimum Gasteiger partial charge on any atom is -0.365 e. The van der Waals surface area contributed by atoms with Crippen LogP contribution in [0.5, 0.6) is 0 Å². The number of benzene rings is 1. The predicted octanol–water partition coefficient (Wildman–Crippen LogP) is 2.15. The number of nitro benzene ring substituents is 1. The van der Waals surface area contributed by atoms with E-state index < -0.39 is 0 Å². The molecule has 0 aromatic heterocycles. The van der Waals surface area contributed by atoms with Crippen LogP contribution >= 0.6 is 0 Å². The second-order valence-corrected chi connectivity index (χ2v) is 3.94. The topological polar surface area (TPSA) is 58.7 Å². The van der Waals surface area contributed by atoms with Crippen molar-refractivity contribution >= 4 is 17.6 Å². The highest BCUT2D eigenvalue weighted by Crippen LogP contribution is 2.32. The minimum atomic E-state index is -0.360. The first-order chi connectivity index (χ1) is 8.13. The first kappa shape index (κ1) is 11.3. The third-order valence-electron chi connectivity index (χ3n) is 2.74. The quantitative estimate of drug-likeness (QED) is 0.453. The number of hydrogen-bond acceptors (Lipinski definition) is 4. The Balaban J connectivity index is 2.50. The number of aliphatic imine (C=N–C) groups is 1. The maximum Gasteiger partial charge on any atom is 0.293 e. The number of fused-ring (bicyclic) bond motifs is 1. The van der Waals surface area contributed by atoms with Crippen LogP contribution < -0.4 is 4.90 Å². The first-order valence-electron chi connectivity index (χ1n) is 5.26. The Morgan fingerprint density at radius 1 is 1.65 bits per heavy atom. The summed E-state index contributed by atoms with van der Waals surface area (Å²) >= 11 is 0. The fraction of sp³-hybridized carbons (Fsp3) is 0.250. The fourth-order valence-electron chi connectivity index (χ4n) is 1.88. The molecule has 0 saturated carbocycles. The van der Waals surface area contributed by atoms with Gasteiger partial charge >= 0.3 is 0 Å². The SMILES string of the molecule is C=CCN(C)c1cc2c(cc1[N+](=O)[O-])C=NC2. The number of rotatable bonds is 4. The normalized spacial score (nSPS) is 12.3. The summed E-state index contributed by atoms with van der Waals surface area (Å²) in [6.45, 7) is 4.81. The van der Waals surface area contributed by atoms with Crippen LogP contribution in [0.4, 0.5) is 11.4 Å². The minimum absolute atomic E-state index is 0.112. The van der Waals surface area contributed by atoms with Crippen LogP contribution in [-0.2, 0) is 6.54 Å². The van der Waals surface area contributed by atoms with Crippen molar-refractivity contribution in [3.05, 3.63) is 46.0 Å². The smallest absolute Gasteiger partial charge is 0.293 e. The van der Waals surface area contributed by atoms with Crippen molar-refractivity contribution in [2.75, 3.05) is 18.5 Å². The van der Waals surface area contributed by atoms with E-state index in [4.69, 9.17) is 0 Å². The Bertz CT molecular complexity index is 509. The van der Waals surface area contributed by atoms with Crippen LogP contribution in [0.1, 0.15) is 11.1 Å². The van der Waals surface area contributed by atoms with Crippen molar-refractivity contribution in [1.82, 2.24) is 0 Å². The average molecular weight is 231 g/mol. The molecule has 0 fully saturated rings. The Labute approximate surface area is 99.2 Å². The average Bonchev–Trinajstić information content (AvgIpc) is 2.74. The van der Waals surface area contributed by atoms with Crippen molar-refractivity contribution in [1.29, 1.82) is 0 Å². The van der Waals surface area contributed by atoms with Gasteiger partial charge in [0, 0.05) is 31.4 Å². The Hall–Kier alpha value is -2.17. The lowest BCUT2D eigenvalue weighted by Gasteiger charge is -2.18.